The number of amides is 1. The molecule has 2 aromatic rings. The number of rotatable bonds is 4. The van der Waals surface area contributed by atoms with Crippen molar-refractivity contribution in [1.82, 2.24) is 4.57 Å². The lowest BCUT2D eigenvalue weighted by Gasteiger charge is -2.10. The van der Waals surface area contributed by atoms with Crippen LogP contribution in [-0.4, -0.2) is 16.9 Å². The van der Waals surface area contributed by atoms with E-state index in [0.717, 1.165) is 28.2 Å². The summed E-state index contributed by atoms with van der Waals surface area (Å²) in [6.45, 7) is 0.671. The van der Waals surface area contributed by atoms with Gasteiger partial charge in [-0.05, 0) is 19.1 Å². The third-order valence-corrected chi connectivity index (χ3v) is 4.04. The van der Waals surface area contributed by atoms with Crippen LogP contribution >= 0.6 is 22.9 Å². The molecule has 2 heterocycles. The molecule has 0 bridgehead atoms. The van der Waals surface area contributed by atoms with Crippen molar-refractivity contribution in [2.45, 2.75) is 19.9 Å². The number of pyridine rings is 1. The number of aromatic nitrogens is 1. The topological polar surface area (TPSA) is 51.1 Å². The van der Waals surface area contributed by atoms with E-state index in [1.54, 1.807) is 0 Å². The van der Waals surface area contributed by atoms with Crippen LogP contribution in [0.5, 0.6) is 0 Å². The number of thiophene rings is 1. The van der Waals surface area contributed by atoms with E-state index in [1.165, 1.54) is 13.0 Å². The second kappa shape index (κ2) is 6.53. The Bertz CT molecular complexity index is 754. The average Bonchev–Trinajstić information content (AvgIpc) is 2.75. The van der Waals surface area contributed by atoms with Crippen LogP contribution in [0.15, 0.2) is 23.1 Å². The zero-order chi connectivity index (χ0) is 16.4. The highest BCUT2D eigenvalue weighted by Crippen LogP contribution is 2.26. The van der Waals surface area contributed by atoms with Gasteiger partial charge in [0.15, 0.2) is 5.82 Å². The third-order valence-electron chi connectivity index (χ3n) is 2.73. The standard InChI is InChI=1S/C13H10ClF3N2O2S/c1-6-2-7(4-19(13(6)21)5-10(16)17)18-12(20)9-3-8(15)11(14)22-9/h2-4,10H,5H2,1H3,(H,18,20). The number of hydrogen-bond acceptors (Lipinski definition) is 3. The number of hydrogen-bond donors (Lipinski definition) is 1. The maximum Gasteiger partial charge on any atom is 0.265 e. The summed E-state index contributed by atoms with van der Waals surface area (Å²) >= 11 is 6.29. The van der Waals surface area contributed by atoms with Gasteiger partial charge >= 0.3 is 0 Å². The highest BCUT2D eigenvalue weighted by molar-refractivity contribution is 7.18. The Morgan fingerprint density at radius 3 is 2.68 bits per heavy atom. The largest absolute Gasteiger partial charge is 0.320 e. The van der Waals surface area contributed by atoms with E-state index in [1.807, 2.05) is 0 Å². The Morgan fingerprint density at radius 1 is 1.45 bits per heavy atom. The summed E-state index contributed by atoms with van der Waals surface area (Å²) in [5.41, 5.74) is -0.204. The van der Waals surface area contributed by atoms with Crippen LogP contribution in [0, 0.1) is 12.7 Å². The predicted octanol–water partition coefficient (Wildman–Crippen LogP) is 3.53. The van der Waals surface area contributed by atoms with Gasteiger partial charge in [-0.15, -0.1) is 11.3 Å². The maximum absolute atomic E-state index is 13.1. The molecule has 0 aliphatic rings. The number of alkyl halides is 2. The van der Waals surface area contributed by atoms with Crippen molar-refractivity contribution in [2.24, 2.45) is 0 Å². The minimum absolute atomic E-state index is 0.0340. The van der Waals surface area contributed by atoms with Gasteiger partial charge in [0, 0.05) is 11.8 Å². The molecule has 1 N–H and O–H groups in total. The van der Waals surface area contributed by atoms with E-state index in [-0.39, 0.29) is 20.5 Å². The van der Waals surface area contributed by atoms with E-state index in [2.05, 4.69) is 5.32 Å². The Hall–Kier alpha value is -1.80. The Labute approximate surface area is 132 Å². The van der Waals surface area contributed by atoms with Gasteiger partial charge in [-0.3, -0.25) is 9.59 Å². The quantitative estimate of drug-likeness (QED) is 0.917. The number of halogens is 4. The molecule has 0 unspecified atom stereocenters. The number of nitrogens with zero attached hydrogens (tertiary/aromatic N) is 1. The van der Waals surface area contributed by atoms with Crippen molar-refractivity contribution in [3.05, 3.63) is 49.3 Å². The summed E-state index contributed by atoms with van der Waals surface area (Å²) in [5, 5.41) is 2.42. The van der Waals surface area contributed by atoms with Gasteiger partial charge in [-0.25, -0.2) is 13.2 Å². The first kappa shape index (κ1) is 16.6. The zero-order valence-corrected chi connectivity index (χ0v) is 12.8. The number of anilines is 1. The molecule has 22 heavy (non-hydrogen) atoms. The summed E-state index contributed by atoms with van der Waals surface area (Å²) < 4.78 is 38.7. The molecule has 0 saturated carbocycles. The lowest BCUT2D eigenvalue weighted by molar-refractivity contribution is 0.103. The predicted molar refractivity (Wildman–Crippen MR) is 78.7 cm³/mol. The fourth-order valence-corrected chi connectivity index (χ4v) is 2.75. The van der Waals surface area contributed by atoms with Crippen molar-refractivity contribution < 1.29 is 18.0 Å². The molecule has 0 aliphatic heterocycles. The first-order valence-electron chi connectivity index (χ1n) is 6.03. The highest BCUT2D eigenvalue weighted by atomic mass is 35.5. The van der Waals surface area contributed by atoms with Gasteiger partial charge < -0.3 is 9.88 Å². The molecule has 0 atom stereocenters. The van der Waals surface area contributed by atoms with E-state index in [0.29, 0.717) is 0 Å². The molecule has 0 aromatic carbocycles. The van der Waals surface area contributed by atoms with Gasteiger partial charge in [0.25, 0.3) is 17.9 Å². The van der Waals surface area contributed by atoms with Crippen molar-refractivity contribution in [3.63, 3.8) is 0 Å². The molecule has 0 fully saturated rings. The van der Waals surface area contributed by atoms with Gasteiger partial charge in [-0.2, -0.15) is 0 Å². The summed E-state index contributed by atoms with van der Waals surface area (Å²) in [7, 11) is 0. The molecular formula is C13H10ClF3N2O2S. The van der Waals surface area contributed by atoms with Crippen molar-refractivity contribution in [3.8, 4) is 0 Å². The lowest BCUT2D eigenvalue weighted by atomic mass is 10.2. The van der Waals surface area contributed by atoms with Gasteiger partial charge in [-0.1, -0.05) is 11.6 Å². The molecule has 0 aliphatic carbocycles. The molecule has 0 radical (unpaired) electrons. The molecule has 2 rings (SSSR count). The first-order chi connectivity index (χ1) is 10.3. The van der Waals surface area contributed by atoms with E-state index >= 15 is 0 Å². The Kier molecular flexibility index (Phi) is 4.92. The monoisotopic (exact) mass is 350 g/mol. The second-order valence-electron chi connectivity index (χ2n) is 4.45. The number of aryl methyl sites for hydroxylation is 1. The van der Waals surface area contributed by atoms with Crippen LogP contribution in [0.25, 0.3) is 0 Å². The Morgan fingerprint density at radius 2 is 2.14 bits per heavy atom. The normalized spacial score (nSPS) is 11.0. The zero-order valence-electron chi connectivity index (χ0n) is 11.2. The summed E-state index contributed by atoms with van der Waals surface area (Å²) in [6.07, 6.45) is -1.58. The molecular weight excluding hydrogens is 341 g/mol. The minimum atomic E-state index is -2.70. The molecule has 2 aromatic heterocycles. The second-order valence-corrected chi connectivity index (χ2v) is 6.10. The first-order valence-corrected chi connectivity index (χ1v) is 7.23. The fraction of sp³-hybridized carbons (Fsp3) is 0.231. The van der Waals surface area contributed by atoms with Crippen molar-refractivity contribution in [2.75, 3.05) is 5.32 Å². The SMILES string of the molecule is Cc1cc(NC(=O)c2cc(F)c(Cl)s2)cn(CC(F)F)c1=O. The fourth-order valence-electron chi connectivity index (χ4n) is 1.79. The van der Waals surface area contributed by atoms with Crippen LogP contribution < -0.4 is 10.9 Å². The minimum Gasteiger partial charge on any atom is -0.320 e. The summed E-state index contributed by atoms with van der Waals surface area (Å²) in [4.78, 5) is 23.7. The molecule has 4 nitrogen and oxygen atoms in total. The highest BCUT2D eigenvalue weighted by Gasteiger charge is 2.15. The van der Waals surface area contributed by atoms with Gasteiger partial charge in [0.1, 0.15) is 4.34 Å². The van der Waals surface area contributed by atoms with Crippen molar-refractivity contribution >= 4 is 34.5 Å². The molecule has 118 valence electrons. The van der Waals surface area contributed by atoms with Crippen LogP contribution in [0.3, 0.4) is 0 Å². The maximum atomic E-state index is 13.1. The smallest absolute Gasteiger partial charge is 0.265 e. The molecule has 1 amide bonds. The van der Waals surface area contributed by atoms with E-state index in [4.69, 9.17) is 11.6 Å². The number of carbonyl (C=O) groups is 1. The molecule has 9 heteroatoms. The van der Waals surface area contributed by atoms with Crippen LogP contribution in [0.4, 0.5) is 18.9 Å². The molecule has 0 spiro atoms. The number of nitrogens with one attached hydrogen (secondary N) is 1. The van der Waals surface area contributed by atoms with Crippen LogP contribution in [0.2, 0.25) is 4.34 Å². The Balaban J connectivity index is 2.27. The van der Waals surface area contributed by atoms with Crippen molar-refractivity contribution in [1.29, 1.82) is 0 Å². The summed E-state index contributed by atoms with van der Waals surface area (Å²) in [5.74, 6) is -1.35. The summed E-state index contributed by atoms with van der Waals surface area (Å²) in [6, 6.07) is 2.33. The third kappa shape index (κ3) is 3.69. The van der Waals surface area contributed by atoms with E-state index < -0.39 is 30.3 Å². The van der Waals surface area contributed by atoms with Gasteiger partial charge in [0.2, 0.25) is 0 Å². The van der Waals surface area contributed by atoms with Gasteiger partial charge in [0.05, 0.1) is 17.1 Å². The average molecular weight is 351 g/mol. The lowest BCUT2D eigenvalue weighted by Crippen LogP contribution is -2.25. The number of carbonyl (C=O) groups excluding carboxylic acids is 1. The molecule has 0 saturated heterocycles. The van der Waals surface area contributed by atoms with Crippen LogP contribution in [-0.2, 0) is 6.54 Å². The van der Waals surface area contributed by atoms with Crippen LogP contribution in [0.1, 0.15) is 15.2 Å². The van der Waals surface area contributed by atoms with E-state index in [9.17, 15) is 22.8 Å².